The van der Waals surface area contributed by atoms with Gasteiger partial charge in [0.15, 0.2) is 11.5 Å². The standard InChI is InChI=1S/C30H54O3/c1-4-7-10-12-14-16-18-20-22-26-27(23-21-19-17-15-13-11-8-5-2)30(32)28(31)25-29(26)33-24-9-6-3/h25,31-32H,4-24H2,1-3H3. The zero-order valence-corrected chi connectivity index (χ0v) is 22.2. The third-order valence-corrected chi connectivity index (χ3v) is 6.77. The van der Waals surface area contributed by atoms with Crippen LogP contribution in [0.3, 0.4) is 0 Å². The summed E-state index contributed by atoms with van der Waals surface area (Å²) in [6, 6.07) is 1.64. The van der Waals surface area contributed by atoms with Crippen LogP contribution in [-0.4, -0.2) is 16.8 Å². The van der Waals surface area contributed by atoms with E-state index in [0.29, 0.717) is 6.61 Å². The Labute approximate surface area is 205 Å². The van der Waals surface area contributed by atoms with Crippen molar-refractivity contribution in [3.05, 3.63) is 17.2 Å². The van der Waals surface area contributed by atoms with E-state index in [9.17, 15) is 10.2 Å². The van der Waals surface area contributed by atoms with Gasteiger partial charge in [-0.3, -0.25) is 0 Å². The quantitative estimate of drug-likeness (QED) is 0.133. The molecule has 1 aromatic rings. The molecule has 0 unspecified atom stereocenters. The second-order valence-electron chi connectivity index (χ2n) is 9.85. The second kappa shape index (κ2) is 20.0. The number of ether oxygens (including phenoxy) is 1. The number of hydrogen-bond donors (Lipinski definition) is 2. The molecule has 2 N–H and O–H groups in total. The minimum absolute atomic E-state index is 0.0317. The fourth-order valence-electron chi connectivity index (χ4n) is 4.60. The van der Waals surface area contributed by atoms with Crippen LogP contribution < -0.4 is 4.74 Å². The molecule has 0 bridgehead atoms. The molecule has 0 radical (unpaired) electrons. The molecular weight excluding hydrogens is 408 g/mol. The highest BCUT2D eigenvalue weighted by molar-refractivity contribution is 5.56. The van der Waals surface area contributed by atoms with Gasteiger partial charge in [-0.15, -0.1) is 0 Å². The minimum Gasteiger partial charge on any atom is -0.504 e. The molecule has 0 saturated heterocycles. The van der Waals surface area contributed by atoms with Crippen molar-refractivity contribution in [1.29, 1.82) is 0 Å². The molecule has 0 aromatic heterocycles. The van der Waals surface area contributed by atoms with E-state index in [-0.39, 0.29) is 11.5 Å². The molecule has 0 aliphatic rings. The number of unbranched alkanes of at least 4 members (excludes halogenated alkanes) is 15. The van der Waals surface area contributed by atoms with Crippen LogP contribution in [0.5, 0.6) is 17.2 Å². The van der Waals surface area contributed by atoms with Gasteiger partial charge < -0.3 is 14.9 Å². The van der Waals surface area contributed by atoms with E-state index < -0.39 is 0 Å². The summed E-state index contributed by atoms with van der Waals surface area (Å²) < 4.78 is 6.09. The number of benzene rings is 1. The van der Waals surface area contributed by atoms with E-state index in [4.69, 9.17) is 4.74 Å². The zero-order valence-electron chi connectivity index (χ0n) is 22.2. The van der Waals surface area contributed by atoms with Crippen LogP contribution in [-0.2, 0) is 12.8 Å². The Kier molecular flexibility index (Phi) is 18.0. The van der Waals surface area contributed by atoms with E-state index in [0.717, 1.165) is 55.4 Å². The van der Waals surface area contributed by atoms with Crippen LogP contribution in [0.25, 0.3) is 0 Å². The lowest BCUT2D eigenvalue weighted by atomic mass is 9.94. The number of phenolic OH excluding ortho intramolecular Hbond substituents is 2. The zero-order chi connectivity index (χ0) is 24.2. The SMILES string of the molecule is CCCCCCCCCCc1c(OCCCC)cc(O)c(O)c1CCCCCCCCCC. The Morgan fingerprint density at radius 2 is 0.970 bits per heavy atom. The monoisotopic (exact) mass is 462 g/mol. The number of aromatic hydroxyl groups is 2. The summed E-state index contributed by atoms with van der Waals surface area (Å²) in [5.74, 6) is 0.836. The van der Waals surface area contributed by atoms with Gasteiger partial charge in [-0.1, -0.05) is 117 Å². The van der Waals surface area contributed by atoms with Gasteiger partial charge in [0.25, 0.3) is 0 Å². The first-order chi connectivity index (χ1) is 16.2. The summed E-state index contributed by atoms with van der Waals surface area (Å²) in [6.07, 6.45) is 24.3. The molecule has 3 nitrogen and oxygen atoms in total. The molecule has 3 heteroatoms. The average molecular weight is 463 g/mol. The predicted octanol–water partition coefficient (Wildman–Crippen LogP) is 9.64. The molecule has 0 spiro atoms. The first-order valence-corrected chi connectivity index (χ1v) is 14.3. The molecule has 0 heterocycles. The average Bonchev–Trinajstić information content (AvgIpc) is 2.81. The van der Waals surface area contributed by atoms with Gasteiger partial charge >= 0.3 is 0 Å². The largest absolute Gasteiger partial charge is 0.504 e. The van der Waals surface area contributed by atoms with Gasteiger partial charge in [0.05, 0.1) is 6.61 Å². The predicted molar refractivity (Wildman–Crippen MR) is 143 cm³/mol. The summed E-state index contributed by atoms with van der Waals surface area (Å²) in [6.45, 7) is 7.35. The Hall–Kier alpha value is -1.38. The van der Waals surface area contributed by atoms with Crippen molar-refractivity contribution < 1.29 is 14.9 Å². The van der Waals surface area contributed by atoms with Crippen LogP contribution >= 0.6 is 0 Å². The molecule has 0 saturated carbocycles. The number of rotatable bonds is 22. The van der Waals surface area contributed by atoms with Crippen molar-refractivity contribution in [2.75, 3.05) is 6.61 Å². The van der Waals surface area contributed by atoms with Gasteiger partial charge in [-0.2, -0.15) is 0 Å². The maximum absolute atomic E-state index is 10.7. The molecular formula is C30H54O3. The van der Waals surface area contributed by atoms with Crippen molar-refractivity contribution >= 4 is 0 Å². The Bertz CT molecular complexity index is 597. The third kappa shape index (κ3) is 13.2. The second-order valence-corrected chi connectivity index (χ2v) is 9.85. The van der Waals surface area contributed by atoms with Crippen LogP contribution in [0.4, 0.5) is 0 Å². The highest BCUT2D eigenvalue weighted by atomic mass is 16.5. The van der Waals surface area contributed by atoms with E-state index in [2.05, 4.69) is 20.8 Å². The van der Waals surface area contributed by atoms with Crippen LogP contribution in [0.2, 0.25) is 0 Å². The maximum atomic E-state index is 10.7. The summed E-state index contributed by atoms with van der Waals surface area (Å²) >= 11 is 0. The lowest BCUT2D eigenvalue weighted by Gasteiger charge is -2.18. The lowest BCUT2D eigenvalue weighted by Crippen LogP contribution is -2.04. The van der Waals surface area contributed by atoms with Gasteiger partial charge in [0.1, 0.15) is 5.75 Å². The van der Waals surface area contributed by atoms with Crippen molar-refractivity contribution in [1.82, 2.24) is 0 Å². The Morgan fingerprint density at radius 3 is 1.45 bits per heavy atom. The molecule has 192 valence electrons. The van der Waals surface area contributed by atoms with Crippen molar-refractivity contribution in [3.8, 4) is 17.2 Å². The molecule has 33 heavy (non-hydrogen) atoms. The fraction of sp³-hybridized carbons (Fsp3) is 0.800. The molecule has 0 atom stereocenters. The lowest BCUT2D eigenvalue weighted by molar-refractivity contribution is 0.301. The molecule has 0 amide bonds. The van der Waals surface area contributed by atoms with Gasteiger partial charge in [-0.05, 0) is 32.1 Å². The van der Waals surface area contributed by atoms with Crippen molar-refractivity contribution in [2.24, 2.45) is 0 Å². The molecule has 0 fully saturated rings. The van der Waals surface area contributed by atoms with E-state index in [1.54, 1.807) is 6.07 Å². The summed E-state index contributed by atoms with van der Waals surface area (Å²) in [7, 11) is 0. The Morgan fingerprint density at radius 1 is 0.545 bits per heavy atom. The molecule has 1 rings (SSSR count). The first-order valence-electron chi connectivity index (χ1n) is 14.3. The first kappa shape index (κ1) is 29.7. The smallest absolute Gasteiger partial charge is 0.161 e. The normalized spacial score (nSPS) is 11.2. The van der Waals surface area contributed by atoms with Crippen LogP contribution in [0.15, 0.2) is 6.07 Å². The van der Waals surface area contributed by atoms with E-state index >= 15 is 0 Å². The van der Waals surface area contributed by atoms with Gasteiger partial charge in [0.2, 0.25) is 0 Å². The van der Waals surface area contributed by atoms with Gasteiger partial charge in [0, 0.05) is 17.2 Å². The van der Waals surface area contributed by atoms with E-state index in [1.165, 1.54) is 89.9 Å². The van der Waals surface area contributed by atoms with Gasteiger partial charge in [-0.25, -0.2) is 0 Å². The number of phenols is 2. The van der Waals surface area contributed by atoms with Crippen molar-refractivity contribution in [3.63, 3.8) is 0 Å². The highest BCUT2D eigenvalue weighted by Crippen LogP contribution is 2.40. The summed E-state index contributed by atoms with van der Waals surface area (Å²) in [5, 5.41) is 21.1. The fourth-order valence-corrected chi connectivity index (χ4v) is 4.60. The Balaban J connectivity index is 2.66. The molecule has 0 aliphatic heterocycles. The minimum atomic E-state index is -0.0317. The number of hydrogen-bond acceptors (Lipinski definition) is 3. The van der Waals surface area contributed by atoms with Crippen molar-refractivity contribution in [2.45, 2.75) is 149 Å². The summed E-state index contributed by atoms with van der Waals surface area (Å²) in [5.41, 5.74) is 2.06. The van der Waals surface area contributed by atoms with Crippen LogP contribution in [0, 0.1) is 0 Å². The van der Waals surface area contributed by atoms with Crippen LogP contribution in [0.1, 0.15) is 147 Å². The summed E-state index contributed by atoms with van der Waals surface area (Å²) in [4.78, 5) is 0. The maximum Gasteiger partial charge on any atom is 0.161 e. The topological polar surface area (TPSA) is 49.7 Å². The highest BCUT2D eigenvalue weighted by Gasteiger charge is 2.18. The van der Waals surface area contributed by atoms with E-state index in [1.807, 2.05) is 0 Å². The third-order valence-electron chi connectivity index (χ3n) is 6.77. The molecule has 0 aliphatic carbocycles. The molecule has 1 aromatic carbocycles.